The molecule has 0 saturated carbocycles. The minimum atomic E-state index is -0.356. The highest BCUT2D eigenvalue weighted by Crippen LogP contribution is 2.06. The highest BCUT2D eigenvalue weighted by Gasteiger charge is 2.08. The van der Waals surface area contributed by atoms with Gasteiger partial charge in [-0.3, -0.25) is 14.3 Å². The van der Waals surface area contributed by atoms with Crippen LogP contribution >= 0.6 is 0 Å². The Morgan fingerprint density at radius 3 is 3.00 bits per heavy atom. The molecule has 0 aliphatic heterocycles. The molecule has 2 rings (SSSR count). The lowest BCUT2D eigenvalue weighted by Crippen LogP contribution is -2.13. The molecule has 0 atom stereocenters. The molecule has 0 spiro atoms. The molecule has 0 saturated heterocycles. The van der Waals surface area contributed by atoms with Gasteiger partial charge >= 0.3 is 0 Å². The van der Waals surface area contributed by atoms with E-state index in [0.29, 0.717) is 25.5 Å². The van der Waals surface area contributed by atoms with E-state index < -0.39 is 0 Å². The van der Waals surface area contributed by atoms with Gasteiger partial charge in [-0.15, -0.1) is 0 Å². The Bertz CT molecular complexity index is 576. The number of nitrogens with one attached hydrogen (secondary N) is 1. The first-order chi connectivity index (χ1) is 8.72. The summed E-state index contributed by atoms with van der Waals surface area (Å²) in [4.78, 5) is 21.9. The second kappa shape index (κ2) is 5.61. The van der Waals surface area contributed by atoms with Crippen LogP contribution in [0.1, 0.15) is 6.92 Å². The van der Waals surface area contributed by atoms with Crippen molar-refractivity contribution in [2.24, 2.45) is 0 Å². The van der Waals surface area contributed by atoms with Crippen LogP contribution in [0.3, 0.4) is 0 Å². The Labute approximate surface area is 103 Å². The molecule has 8 nitrogen and oxygen atoms in total. The number of aromatic amines is 1. The Morgan fingerprint density at radius 2 is 2.22 bits per heavy atom. The van der Waals surface area contributed by atoms with E-state index in [-0.39, 0.29) is 23.8 Å². The molecule has 0 aliphatic carbocycles. The smallest absolute Gasteiger partial charge is 0.280 e. The number of imidazole rings is 1. The number of aromatic nitrogens is 4. The van der Waals surface area contributed by atoms with E-state index in [1.54, 1.807) is 4.57 Å². The average Bonchev–Trinajstić information content (AvgIpc) is 2.72. The number of fused-ring (bicyclic) bond motifs is 1. The fourth-order valence-corrected chi connectivity index (χ4v) is 1.49. The molecule has 2 heterocycles. The van der Waals surface area contributed by atoms with Crippen LogP contribution in [0.15, 0.2) is 11.1 Å². The Hall–Kier alpha value is -1.93. The quantitative estimate of drug-likeness (QED) is 0.685. The highest BCUT2D eigenvalue weighted by atomic mass is 16.5. The summed E-state index contributed by atoms with van der Waals surface area (Å²) in [5.74, 6) is 0.0589. The summed E-state index contributed by atoms with van der Waals surface area (Å²) in [6.45, 7) is 3.82. The number of H-pyrrole nitrogens is 1. The Balaban J connectivity index is 2.07. The topological polar surface area (TPSA) is 108 Å². The van der Waals surface area contributed by atoms with Crippen LogP contribution in [0.4, 0.5) is 5.95 Å². The summed E-state index contributed by atoms with van der Waals surface area (Å²) in [5, 5.41) is 0. The minimum Gasteiger partial charge on any atom is -0.379 e. The van der Waals surface area contributed by atoms with E-state index in [0.717, 1.165) is 0 Å². The van der Waals surface area contributed by atoms with E-state index in [4.69, 9.17) is 15.2 Å². The molecule has 2 aromatic rings. The van der Waals surface area contributed by atoms with Crippen molar-refractivity contribution in [2.75, 3.05) is 25.6 Å². The molecule has 0 aromatic carbocycles. The number of hydrogen-bond acceptors (Lipinski definition) is 6. The Kier molecular flexibility index (Phi) is 3.90. The minimum absolute atomic E-state index is 0.0589. The van der Waals surface area contributed by atoms with Gasteiger partial charge in [-0.1, -0.05) is 0 Å². The zero-order valence-electron chi connectivity index (χ0n) is 10.0. The van der Waals surface area contributed by atoms with Gasteiger partial charge in [-0.05, 0) is 6.92 Å². The number of ether oxygens (including phenoxy) is 2. The van der Waals surface area contributed by atoms with Crippen LogP contribution in [0.5, 0.6) is 0 Å². The van der Waals surface area contributed by atoms with Gasteiger partial charge in [0.25, 0.3) is 5.56 Å². The molecular weight excluding hydrogens is 238 g/mol. The molecular formula is C10H15N5O3. The first-order valence-corrected chi connectivity index (χ1v) is 5.58. The molecule has 0 bridgehead atoms. The van der Waals surface area contributed by atoms with Crippen molar-refractivity contribution >= 4 is 17.1 Å². The summed E-state index contributed by atoms with van der Waals surface area (Å²) in [6, 6.07) is 0. The van der Waals surface area contributed by atoms with E-state index in [2.05, 4.69) is 15.0 Å². The van der Waals surface area contributed by atoms with E-state index in [1.807, 2.05) is 6.92 Å². The lowest BCUT2D eigenvalue weighted by molar-refractivity contribution is 0.0235. The van der Waals surface area contributed by atoms with E-state index in [1.165, 1.54) is 6.33 Å². The van der Waals surface area contributed by atoms with Crippen molar-refractivity contribution in [3.05, 3.63) is 16.7 Å². The largest absolute Gasteiger partial charge is 0.379 e. The van der Waals surface area contributed by atoms with Gasteiger partial charge in [0.2, 0.25) is 5.95 Å². The normalized spacial score (nSPS) is 11.2. The number of rotatable bonds is 6. The summed E-state index contributed by atoms with van der Waals surface area (Å²) in [7, 11) is 0. The van der Waals surface area contributed by atoms with Gasteiger partial charge in [-0.25, -0.2) is 4.98 Å². The number of anilines is 1. The van der Waals surface area contributed by atoms with Crippen molar-refractivity contribution in [1.82, 2.24) is 19.5 Å². The van der Waals surface area contributed by atoms with Crippen LogP contribution in [-0.4, -0.2) is 39.3 Å². The average molecular weight is 253 g/mol. The standard InChI is InChI=1S/C10H15N5O3/c1-2-17-3-4-18-6-15-5-12-7-8(15)13-10(11)14-9(7)16/h5H,2-4,6H2,1H3,(H3,11,13,14,16). The maximum Gasteiger partial charge on any atom is 0.280 e. The molecule has 8 heteroatoms. The molecule has 0 radical (unpaired) electrons. The monoisotopic (exact) mass is 253 g/mol. The zero-order chi connectivity index (χ0) is 13.0. The lowest BCUT2D eigenvalue weighted by atomic mass is 10.5. The second-order valence-electron chi connectivity index (χ2n) is 3.57. The number of nitrogens with zero attached hydrogens (tertiary/aromatic N) is 3. The summed E-state index contributed by atoms with van der Waals surface area (Å²) in [5.41, 5.74) is 5.78. The van der Waals surface area contributed by atoms with Gasteiger partial charge in [0.1, 0.15) is 6.73 Å². The van der Waals surface area contributed by atoms with Crippen molar-refractivity contribution in [1.29, 1.82) is 0 Å². The summed E-state index contributed by atoms with van der Waals surface area (Å²) in [6.07, 6.45) is 1.49. The first-order valence-electron chi connectivity index (χ1n) is 5.58. The first kappa shape index (κ1) is 12.5. The molecule has 0 amide bonds. The van der Waals surface area contributed by atoms with E-state index in [9.17, 15) is 4.79 Å². The van der Waals surface area contributed by atoms with Crippen LogP contribution in [0.2, 0.25) is 0 Å². The third kappa shape index (κ3) is 2.66. The van der Waals surface area contributed by atoms with Crippen LogP contribution < -0.4 is 11.3 Å². The van der Waals surface area contributed by atoms with Crippen molar-refractivity contribution < 1.29 is 9.47 Å². The second-order valence-corrected chi connectivity index (χ2v) is 3.57. The van der Waals surface area contributed by atoms with Crippen molar-refractivity contribution in [2.45, 2.75) is 13.7 Å². The number of nitrogen functional groups attached to an aromatic ring is 1. The molecule has 0 unspecified atom stereocenters. The van der Waals surface area contributed by atoms with Gasteiger partial charge in [0.05, 0.1) is 19.5 Å². The number of hydrogen-bond donors (Lipinski definition) is 2. The Morgan fingerprint density at radius 1 is 1.44 bits per heavy atom. The molecule has 2 aromatic heterocycles. The number of nitrogens with two attached hydrogens (primary N) is 1. The van der Waals surface area contributed by atoms with Crippen LogP contribution in [0.25, 0.3) is 11.2 Å². The van der Waals surface area contributed by atoms with E-state index >= 15 is 0 Å². The maximum absolute atomic E-state index is 11.5. The van der Waals surface area contributed by atoms with Crippen LogP contribution in [-0.2, 0) is 16.2 Å². The fourth-order valence-electron chi connectivity index (χ4n) is 1.49. The zero-order valence-corrected chi connectivity index (χ0v) is 10.0. The molecule has 0 aliphatic rings. The van der Waals surface area contributed by atoms with Gasteiger partial charge in [-0.2, -0.15) is 4.98 Å². The SMILES string of the molecule is CCOCCOCn1cnc2c(=O)[nH]c(N)nc21. The lowest BCUT2D eigenvalue weighted by Gasteiger charge is -2.05. The molecule has 98 valence electrons. The maximum atomic E-state index is 11.5. The molecule has 3 N–H and O–H groups in total. The predicted octanol–water partition coefficient (Wildman–Crippen LogP) is -0.288. The van der Waals surface area contributed by atoms with Crippen molar-refractivity contribution in [3.63, 3.8) is 0 Å². The van der Waals surface area contributed by atoms with Gasteiger partial charge < -0.3 is 15.2 Å². The predicted molar refractivity (Wildman–Crippen MR) is 65.0 cm³/mol. The highest BCUT2D eigenvalue weighted by molar-refractivity contribution is 5.70. The molecule has 18 heavy (non-hydrogen) atoms. The molecule has 0 fully saturated rings. The summed E-state index contributed by atoms with van der Waals surface area (Å²) >= 11 is 0. The fraction of sp³-hybridized carbons (Fsp3) is 0.500. The van der Waals surface area contributed by atoms with Crippen LogP contribution in [0, 0.1) is 0 Å². The summed E-state index contributed by atoms with van der Waals surface area (Å²) < 4.78 is 12.1. The van der Waals surface area contributed by atoms with Gasteiger partial charge in [0, 0.05) is 6.61 Å². The third-order valence-corrected chi connectivity index (χ3v) is 2.30. The third-order valence-electron chi connectivity index (χ3n) is 2.30. The van der Waals surface area contributed by atoms with Crippen molar-refractivity contribution in [3.8, 4) is 0 Å². The van der Waals surface area contributed by atoms with Gasteiger partial charge in [0.15, 0.2) is 11.2 Å².